The number of aryl methyl sites for hydroxylation is 5. The Morgan fingerprint density at radius 1 is 0.708 bits per heavy atom. The number of rotatable bonds is 9. The minimum Gasteiger partial charge on any atom is -0.325 e. The van der Waals surface area contributed by atoms with E-state index in [4.69, 9.17) is 23.2 Å². The molecule has 0 saturated carbocycles. The van der Waals surface area contributed by atoms with Gasteiger partial charge in [0.15, 0.2) is 22.3 Å². The molecule has 0 radical (unpaired) electrons. The van der Waals surface area contributed by atoms with E-state index >= 15 is 0 Å². The number of aromatic nitrogens is 8. The van der Waals surface area contributed by atoms with Gasteiger partial charge < -0.3 is 9.13 Å². The van der Waals surface area contributed by atoms with E-state index in [9.17, 15) is 19.2 Å². The Morgan fingerprint density at radius 3 is 1.75 bits per heavy atom. The molecule has 15 heteroatoms. The summed E-state index contributed by atoms with van der Waals surface area (Å²) >= 11 is 15.2. The van der Waals surface area contributed by atoms with Crippen LogP contribution in [0.3, 0.4) is 0 Å². The van der Waals surface area contributed by atoms with Crippen molar-refractivity contribution in [2.45, 2.75) is 52.7 Å². The minimum atomic E-state index is -0.465. The molecule has 1 N–H and O–H groups in total. The maximum absolute atomic E-state index is 13.1. The standard InChI is InChI=1S/C18H20BrClN4O2.C15H15ClN4O2/c1-3-14-21-16-15(22(14)2)17(25)24(18(26)23(16)10-4-9-19)11-12-5-7-13(20)8-6-12;1-3-11-17-13-12(19(11)2)14(21)20(15(22)18-13)8-9-4-6-10(16)7-5-9/h5-8H,3-4,9-11H2,1-2H3;4-7H,3,8H2,1-2H3,(H,18,22). The molecule has 0 aliphatic rings. The molecule has 6 aromatic rings. The lowest BCUT2D eigenvalue weighted by Crippen LogP contribution is -2.41. The maximum atomic E-state index is 13.1. The number of hydrogen-bond acceptors (Lipinski definition) is 6. The number of halogens is 3. The lowest BCUT2D eigenvalue weighted by atomic mass is 10.2. The molecule has 2 aromatic carbocycles. The van der Waals surface area contributed by atoms with Gasteiger partial charge in [0.25, 0.3) is 11.1 Å². The molecule has 0 bridgehead atoms. The number of nitrogens with zero attached hydrogens (tertiary/aromatic N) is 7. The Bertz CT molecular complexity index is 2330. The summed E-state index contributed by atoms with van der Waals surface area (Å²) in [5.41, 5.74) is 1.89. The van der Waals surface area contributed by atoms with Gasteiger partial charge in [-0.25, -0.2) is 19.6 Å². The fourth-order valence-corrected chi connectivity index (χ4v) is 6.06. The van der Waals surface area contributed by atoms with Crippen molar-refractivity contribution in [3.63, 3.8) is 0 Å². The van der Waals surface area contributed by atoms with E-state index in [-0.39, 0.29) is 29.9 Å². The highest BCUT2D eigenvalue weighted by Crippen LogP contribution is 2.14. The molecule has 0 aliphatic carbocycles. The summed E-state index contributed by atoms with van der Waals surface area (Å²) in [7, 11) is 3.60. The molecule has 0 atom stereocenters. The number of fused-ring (bicyclic) bond motifs is 2. The summed E-state index contributed by atoms with van der Waals surface area (Å²) in [6.45, 7) is 4.82. The smallest absolute Gasteiger partial charge is 0.325 e. The van der Waals surface area contributed by atoms with Gasteiger partial charge in [-0.15, -0.1) is 0 Å². The van der Waals surface area contributed by atoms with Gasteiger partial charge in [-0.2, -0.15) is 0 Å². The third-order valence-electron chi connectivity index (χ3n) is 8.10. The molecule has 12 nitrogen and oxygen atoms in total. The van der Waals surface area contributed by atoms with Gasteiger partial charge in [-0.3, -0.25) is 28.3 Å². The van der Waals surface area contributed by atoms with Crippen LogP contribution in [0.1, 0.15) is 43.0 Å². The SMILES string of the molecule is CCc1nc2[nH]c(=O)n(Cc3ccc(Cl)cc3)c(=O)c2n1C.CCc1nc2c(c(=O)n(Cc3ccc(Cl)cc3)c(=O)n2CCCBr)n1C. The zero-order valence-electron chi connectivity index (χ0n) is 27.0. The summed E-state index contributed by atoms with van der Waals surface area (Å²) in [6, 6.07) is 14.2. The predicted octanol–water partition coefficient (Wildman–Crippen LogP) is 4.63. The highest BCUT2D eigenvalue weighted by atomic mass is 79.9. The largest absolute Gasteiger partial charge is 0.333 e. The number of hydrogen-bond donors (Lipinski definition) is 1. The Balaban J connectivity index is 0.000000190. The molecular weight excluding hydrogens is 723 g/mol. The van der Waals surface area contributed by atoms with Crippen LogP contribution in [0, 0.1) is 0 Å². The van der Waals surface area contributed by atoms with E-state index in [1.165, 1.54) is 9.13 Å². The second-order valence-corrected chi connectivity index (χ2v) is 12.9. The van der Waals surface area contributed by atoms with Gasteiger partial charge in [0.05, 0.1) is 13.1 Å². The van der Waals surface area contributed by atoms with Crippen molar-refractivity contribution in [2.75, 3.05) is 5.33 Å². The molecule has 0 fully saturated rings. The number of aromatic amines is 1. The van der Waals surface area contributed by atoms with E-state index in [0.717, 1.165) is 34.5 Å². The Morgan fingerprint density at radius 2 is 1.21 bits per heavy atom. The highest BCUT2D eigenvalue weighted by molar-refractivity contribution is 9.09. The van der Waals surface area contributed by atoms with Crippen LogP contribution in [0.2, 0.25) is 10.0 Å². The maximum Gasteiger partial charge on any atom is 0.333 e. The third-order valence-corrected chi connectivity index (χ3v) is 9.16. The Kier molecular flexibility index (Phi) is 10.9. The number of benzene rings is 2. The second-order valence-electron chi connectivity index (χ2n) is 11.2. The summed E-state index contributed by atoms with van der Waals surface area (Å²) in [6.07, 6.45) is 2.14. The molecule has 252 valence electrons. The van der Waals surface area contributed by atoms with Gasteiger partial charge in [0.2, 0.25) is 0 Å². The van der Waals surface area contributed by atoms with Crippen LogP contribution >= 0.6 is 39.1 Å². The van der Waals surface area contributed by atoms with Crippen LogP contribution in [0.4, 0.5) is 0 Å². The predicted molar refractivity (Wildman–Crippen MR) is 193 cm³/mol. The lowest BCUT2D eigenvalue weighted by Gasteiger charge is -2.11. The van der Waals surface area contributed by atoms with Gasteiger partial charge in [0.1, 0.15) is 11.6 Å². The molecule has 0 saturated heterocycles. The van der Waals surface area contributed by atoms with Crippen LogP contribution in [-0.2, 0) is 46.6 Å². The van der Waals surface area contributed by atoms with Crippen LogP contribution in [-0.4, -0.2) is 43.1 Å². The molecule has 0 spiro atoms. The van der Waals surface area contributed by atoms with E-state index in [0.29, 0.717) is 51.8 Å². The molecule has 0 unspecified atom stereocenters. The van der Waals surface area contributed by atoms with Crippen LogP contribution < -0.4 is 22.5 Å². The normalized spacial score (nSPS) is 11.3. The first-order chi connectivity index (χ1) is 23.0. The van der Waals surface area contributed by atoms with Crippen molar-refractivity contribution in [3.8, 4) is 0 Å². The Labute approximate surface area is 293 Å². The summed E-state index contributed by atoms with van der Waals surface area (Å²) < 4.78 is 7.58. The van der Waals surface area contributed by atoms with E-state index in [1.807, 2.05) is 33.0 Å². The summed E-state index contributed by atoms with van der Waals surface area (Å²) in [5, 5.41) is 2.00. The van der Waals surface area contributed by atoms with Crippen LogP contribution in [0.25, 0.3) is 22.3 Å². The second kappa shape index (κ2) is 14.9. The van der Waals surface area contributed by atoms with Crippen molar-refractivity contribution in [1.82, 2.24) is 37.8 Å². The zero-order chi connectivity index (χ0) is 34.7. The van der Waals surface area contributed by atoms with E-state index in [2.05, 4.69) is 30.9 Å². The molecule has 4 heterocycles. The molecule has 0 aliphatic heterocycles. The van der Waals surface area contributed by atoms with Crippen molar-refractivity contribution < 1.29 is 0 Å². The highest BCUT2D eigenvalue weighted by Gasteiger charge is 2.20. The number of nitrogens with one attached hydrogen (secondary N) is 1. The van der Waals surface area contributed by atoms with Gasteiger partial charge >= 0.3 is 11.4 Å². The number of H-pyrrole nitrogens is 1. The molecule has 6 rings (SSSR count). The molecule has 48 heavy (non-hydrogen) atoms. The topological polar surface area (TPSA) is 135 Å². The molecular formula is C33H35BrCl2N8O4. The zero-order valence-corrected chi connectivity index (χ0v) is 30.1. The van der Waals surface area contributed by atoms with Crippen LogP contribution in [0.5, 0.6) is 0 Å². The van der Waals surface area contributed by atoms with E-state index in [1.54, 1.807) is 57.1 Å². The van der Waals surface area contributed by atoms with Crippen molar-refractivity contribution in [2.24, 2.45) is 14.1 Å². The average molecular weight is 759 g/mol. The third kappa shape index (κ3) is 6.99. The number of alkyl halides is 1. The average Bonchev–Trinajstić information content (AvgIpc) is 3.58. The molecule has 4 aromatic heterocycles. The fraction of sp³-hybridized carbons (Fsp3) is 0.333. The minimum absolute atomic E-state index is 0.188. The van der Waals surface area contributed by atoms with Gasteiger partial charge in [-0.1, -0.05) is 77.2 Å². The van der Waals surface area contributed by atoms with Crippen molar-refractivity contribution >= 4 is 61.5 Å². The van der Waals surface area contributed by atoms with Crippen LogP contribution in [0.15, 0.2) is 67.7 Å². The first-order valence-corrected chi connectivity index (χ1v) is 17.3. The number of imidazole rings is 2. The fourth-order valence-electron chi connectivity index (χ4n) is 5.55. The summed E-state index contributed by atoms with van der Waals surface area (Å²) in [4.78, 5) is 62.4. The quantitative estimate of drug-likeness (QED) is 0.214. The molecule has 0 amide bonds. The first kappa shape index (κ1) is 35.1. The first-order valence-electron chi connectivity index (χ1n) is 15.4. The van der Waals surface area contributed by atoms with Crippen molar-refractivity contribution in [1.29, 1.82) is 0 Å². The van der Waals surface area contributed by atoms with Crippen molar-refractivity contribution in [3.05, 3.63) is 123 Å². The lowest BCUT2D eigenvalue weighted by molar-refractivity contribution is 0.591. The van der Waals surface area contributed by atoms with Gasteiger partial charge in [0, 0.05) is 48.9 Å². The Hall–Kier alpha value is -4.20. The van der Waals surface area contributed by atoms with Gasteiger partial charge in [-0.05, 0) is 41.8 Å². The van der Waals surface area contributed by atoms with E-state index < -0.39 is 5.69 Å². The monoisotopic (exact) mass is 756 g/mol. The summed E-state index contributed by atoms with van der Waals surface area (Å²) in [5.74, 6) is 1.54.